The van der Waals surface area contributed by atoms with Gasteiger partial charge in [-0.15, -0.1) is 0 Å². The van der Waals surface area contributed by atoms with E-state index >= 15 is 0 Å². The number of hydrogen-bond acceptors (Lipinski definition) is 2. The van der Waals surface area contributed by atoms with E-state index in [0.29, 0.717) is 6.42 Å². The first-order valence-electron chi connectivity index (χ1n) is 6.97. The Kier molecular flexibility index (Phi) is 3.50. The highest BCUT2D eigenvalue weighted by Crippen LogP contribution is 2.38. The number of carboxylic acid groups (broad SMARTS) is 1. The molecule has 3 heteroatoms. The largest absolute Gasteiger partial charge is 0.481 e. The normalized spacial score (nSPS) is 18.5. The smallest absolute Gasteiger partial charge is 0.310 e. The number of hydrogen-bond donors (Lipinski definition) is 1. The molecule has 1 aliphatic carbocycles. The van der Waals surface area contributed by atoms with Gasteiger partial charge in [-0.05, 0) is 36.5 Å². The summed E-state index contributed by atoms with van der Waals surface area (Å²) in [6.07, 6.45) is 4.44. The summed E-state index contributed by atoms with van der Waals surface area (Å²) < 4.78 is 0. The Bertz CT molecular complexity index is 609. The van der Waals surface area contributed by atoms with E-state index in [9.17, 15) is 9.90 Å². The molecule has 2 atom stereocenters. The zero-order valence-corrected chi connectivity index (χ0v) is 11.2. The minimum Gasteiger partial charge on any atom is -0.481 e. The molecule has 3 rings (SSSR count). The van der Waals surface area contributed by atoms with E-state index in [2.05, 4.69) is 11.1 Å². The van der Waals surface area contributed by atoms with Crippen molar-refractivity contribution in [1.82, 2.24) is 4.98 Å². The first-order chi connectivity index (χ1) is 9.75. The number of pyridine rings is 1. The van der Waals surface area contributed by atoms with Crippen LogP contribution in [0.3, 0.4) is 0 Å². The monoisotopic (exact) mass is 267 g/mol. The van der Waals surface area contributed by atoms with Crippen molar-refractivity contribution in [3.05, 3.63) is 65.5 Å². The Hall–Kier alpha value is -2.16. The zero-order chi connectivity index (χ0) is 13.9. The first kappa shape index (κ1) is 12.9. The van der Waals surface area contributed by atoms with Crippen LogP contribution < -0.4 is 0 Å². The van der Waals surface area contributed by atoms with Gasteiger partial charge in [0.1, 0.15) is 0 Å². The van der Waals surface area contributed by atoms with Crippen molar-refractivity contribution in [3.63, 3.8) is 0 Å². The number of nitrogens with zero attached hydrogens (tertiary/aromatic N) is 1. The Labute approximate surface area is 118 Å². The average molecular weight is 267 g/mol. The van der Waals surface area contributed by atoms with Crippen LogP contribution >= 0.6 is 0 Å². The van der Waals surface area contributed by atoms with E-state index in [4.69, 9.17) is 0 Å². The van der Waals surface area contributed by atoms with Gasteiger partial charge in [-0.2, -0.15) is 0 Å². The molecule has 20 heavy (non-hydrogen) atoms. The third-order valence-corrected chi connectivity index (χ3v) is 4.10. The number of carboxylic acids is 1. The maximum Gasteiger partial charge on any atom is 0.310 e. The lowest BCUT2D eigenvalue weighted by atomic mass is 9.87. The fourth-order valence-electron chi connectivity index (χ4n) is 3.08. The van der Waals surface area contributed by atoms with Crippen molar-refractivity contribution >= 4 is 5.97 Å². The summed E-state index contributed by atoms with van der Waals surface area (Å²) in [5.41, 5.74) is 3.24. The van der Waals surface area contributed by atoms with Gasteiger partial charge in [-0.1, -0.05) is 36.4 Å². The van der Waals surface area contributed by atoms with Gasteiger partial charge in [-0.25, -0.2) is 0 Å². The highest BCUT2D eigenvalue weighted by Gasteiger charge is 2.30. The zero-order valence-electron chi connectivity index (χ0n) is 11.2. The summed E-state index contributed by atoms with van der Waals surface area (Å²) in [6, 6.07) is 13.5. The molecule has 3 nitrogen and oxygen atoms in total. The van der Waals surface area contributed by atoms with Crippen LogP contribution in [0.2, 0.25) is 0 Å². The standard InChI is InChI=1S/C17H17NO2/c19-17(20)15(12-5-2-1-3-6-12)11-14-9-8-13-7-4-10-18-16(13)14/h1-7,10,14-15H,8-9,11H2,(H,19,20). The van der Waals surface area contributed by atoms with Crippen LogP contribution in [0.5, 0.6) is 0 Å². The molecule has 0 saturated carbocycles. The highest BCUT2D eigenvalue weighted by atomic mass is 16.4. The number of aliphatic carboxylic acids is 1. The van der Waals surface area contributed by atoms with Gasteiger partial charge >= 0.3 is 5.97 Å². The third-order valence-electron chi connectivity index (χ3n) is 4.10. The number of aromatic nitrogens is 1. The van der Waals surface area contributed by atoms with E-state index in [0.717, 1.165) is 24.1 Å². The molecular weight excluding hydrogens is 250 g/mol. The van der Waals surface area contributed by atoms with Crippen molar-refractivity contribution in [2.75, 3.05) is 0 Å². The lowest BCUT2D eigenvalue weighted by Gasteiger charge is -2.17. The van der Waals surface area contributed by atoms with Crippen LogP contribution in [0.4, 0.5) is 0 Å². The summed E-state index contributed by atoms with van der Waals surface area (Å²) in [5.74, 6) is -0.942. The molecule has 0 aliphatic heterocycles. The van der Waals surface area contributed by atoms with Crippen molar-refractivity contribution in [1.29, 1.82) is 0 Å². The predicted octanol–water partition coefficient (Wildman–Crippen LogP) is 3.37. The Morgan fingerprint density at radius 3 is 2.80 bits per heavy atom. The molecule has 1 aromatic carbocycles. The Morgan fingerprint density at radius 1 is 1.25 bits per heavy atom. The lowest BCUT2D eigenvalue weighted by molar-refractivity contribution is -0.139. The number of carbonyl (C=O) groups is 1. The number of rotatable bonds is 4. The molecule has 0 radical (unpaired) electrons. The van der Waals surface area contributed by atoms with E-state index in [1.165, 1.54) is 5.56 Å². The van der Waals surface area contributed by atoms with Crippen molar-refractivity contribution in [2.45, 2.75) is 31.1 Å². The van der Waals surface area contributed by atoms with Gasteiger partial charge in [0.25, 0.3) is 0 Å². The van der Waals surface area contributed by atoms with Gasteiger partial charge in [0, 0.05) is 17.8 Å². The second-order valence-electron chi connectivity index (χ2n) is 5.32. The van der Waals surface area contributed by atoms with Crippen molar-refractivity contribution in [3.8, 4) is 0 Å². The van der Waals surface area contributed by atoms with Crippen LogP contribution in [0, 0.1) is 0 Å². The summed E-state index contributed by atoms with van der Waals surface area (Å²) >= 11 is 0. The molecular formula is C17H17NO2. The minimum atomic E-state index is -0.749. The third kappa shape index (κ3) is 2.44. The Morgan fingerprint density at radius 2 is 2.05 bits per heavy atom. The molecule has 0 fully saturated rings. The summed E-state index contributed by atoms with van der Waals surface area (Å²) in [6.45, 7) is 0. The van der Waals surface area contributed by atoms with Crippen LogP contribution in [-0.4, -0.2) is 16.1 Å². The average Bonchev–Trinajstić information content (AvgIpc) is 2.88. The van der Waals surface area contributed by atoms with Crippen LogP contribution in [0.15, 0.2) is 48.7 Å². The molecule has 1 aliphatic rings. The molecule has 1 heterocycles. The Balaban J connectivity index is 1.84. The number of fused-ring (bicyclic) bond motifs is 1. The van der Waals surface area contributed by atoms with Crippen molar-refractivity contribution < 1.29 is 9.90 Å². The SMILES string of the molecule is O=C(O)C(CC1CCc2cccnc21)c1ccccc1. The van der Waals surface area contributed by atoms with Crippen LogP contribution in [0.1, 0.15) is 41.5 Å². The quantitative estimate of drug-likeness (QED) is 0.924. The molecule has 102 valence electrons. The second-order valence-corrected chi connectivity index (χ2v) is 5.32. The van der Waals surface area contributed by atoms with E-state index < -0.39 is 11.9 Å². The van der Waals surface area contributed by atoms with E-state index in [-0.39, 0.29) is 5.92 Å². The van der Waals surface area contributed by atoms with Gasteiger partial charge in [-0.3, -0.25) is 9.78 Å². The molecule has 0 bridgehead atoms. The fourth-order valence-corrected chi connectivity index (χ4v) is 3.08. The summed E-state index contributed by atoms with van der Waals surface area (Å²) in [5, 5.41) is 9.51. The van der Waals surface area contributed by atoms with Gasteiger partial charge < -0.3 is 5.11 Å². The summed E-state index contributed by atoms with van der Waals surface area (Å²) in [4.78, 5) is 16.0. The maximum atomic E-state index is 11.6. The first-order valence-corrected chi connectivity index (χ1v) is 6.97. The van der Waals surface area contributed by atoms with Gasteiger partial charge in [0.15, 0.2) is 0 Å². The molecule has 2 unspecified atom stereocenters. The molecule has 0 spiro atoms. The van der Waals surface area contributed by atoms with Gasteiger partial charge in [0.05, 0.1) is 5.92 Å². The fraction of sp³-hybridized carbons (Fsp3) is 0.294. The lowest BCUT2D eigenvalue weighted by Crippen LogP contribution is -2.15. The number of benzene rings is 1. The van der Waals surface area contributed by atoms with E-state index in [1.54, 1.807) is 6.20 Å². The summed E-state index contributed by atoms with van der Waals surface area (Å²) in [7, 11) is 0. The molecule has 1 aromatic heterocycles. The maximum absolute atomic E-state index is 11.6. The predicted molar refractivity (Wildman–Crippen MR) is 76.7 cm³/mol. The molecule has 0 saturated heterocycles. The van der Waals surface area contributed by atoms with Gasteiger partial charge in [0.2, 0.25) is 0 Å². The van der Waals surface area contributed by atoms with Crippen LogP contribution in [-0.2, 0) is 11.2 Å². The van der Waals surface area contributed by atoms with Crippen molar-refractivity contribution in [2.24, 2.45) is 0 Å². The molecule has 2 aromatic rings. The number of aryl methyl sites for hydroxylation is 1. The topological polar surface area (TPSA) is 50.2 Å². The molecule has 1 N–H and O–H groups in total. The highest BCUT2D eigenvalue weighted by molar-refractivity contribution is 5.76. The second kappa shape index (κ2) is 5.45. The van der Waals surface area contributed by atoms with Crippen LogP contribution in [0.25, 0.3) is 0 Å². The van der Waals surface area contributed by atoms with E-state index in [1.807, 2.05) is 36.4 Å². The minimum absolute atomic E-state index is 0.257. The molecule has 0 amide bonds.